The van der Waals surface area contributed by atoms with Gasteiger partial charge in [0.2, 0.25) is 5.91 Å². The molecular formula is C14H20N2O. The van der Waals surface area contributed by atoms with Crippen molar-refractivity contribution >= 4 is 5.91 Å². The first-order valence-electron chi connectivity index (χ1n) is 6.21. The third kappa shape index (κ3) is 3.07. The Kier molecular flexibility index (Phi) is 3.48. The molecule has 1 aromatic carbocycles. The van der Waals surface area contributed by atoms with Crippen LogP contribution in [0.5, 0.6) is 0 Å². The van der Waals surface area contributed by atoms with Crippen LogP contribution in [0, 0.1) is 6.92 Å². The molecule has 3 nitrogen and oxygen atoms in total. The molecule has 0 unspecified atom stereocenters. The van der Waals surface area contributed by atoms with Crippen molar-refractivity contribution < 1.29 is 4.79 Å². The van der Waals surface area contributed by atoms with E-state index in [2.05, 4.69) is 24.4 Å². The maximum Gasteiger partial charge on any atom is 0.220 e. The van der Waals surface area contributed by atoms with Crippen molar-refractivity contribution in [1.29, 1.82) is 0 Å². The smallest absolute Gasteiger partial charge is 0.220 e. The lowest BCUT2D eigenvalue weighted by molar-refractivity contribution is -0.121. The lowest BCUT2D eigenvalue weighted by Crippen LogP contribution is -2.42. The van der Waals surface area contributed by atoms with Crippen molar-refractivity contribution in [2.75, 3.05) is 6.54 Å². The number of benzene rings is 1. The van der Waals surface area contributed by atoms with Crippen molar-refractivity contribution in [3.63, 3.8) is 0 Å². The van der Waals surface area contributed by atoms with E-state index < -0.39 is 0 Å². The molecule has 0 bridgehead atoms. The van der Waals surface area contributed by atoms with Gasteiger partial charge in [-0.15, -0.1) is 0 Å². The maximum absolute atomic E-state index is 11.8. The summed E-state index contributed by atoms with van der Waals surface area (Å²) in [5.74, 6) is 0.121. The first-order valence-corrected chi connectivity index (χ1v) is 6.21. The summed E-state index contributed by atoms with van der Waals surface area (Å²) in [7, 11) is 0. The minimum absolute atomic E-state index is 0.0667. The van der Waals surface area contributed by atoms with Crippen molar-refractivity contribution in [2.24, 2.45) is 5.73 Å². The summed E-state index contributed by atoms with van der Waals surface area (Å²) >= 11 is 0. The summed E-state index contributed by atoms with van der Waals surface area (Å²) in [4.78, 5) is 11.8. The number of carbonyl (C=O) groups excluding carboxylic acids is 1. The number of nitrogens with two attached hydrogens (primary N) is 1. The van der Waals surface area contributed by atoms with Gasteiger partial charge in [0.05, 0.1) is 5.54 Å². The van der Waals surface area contributed by atoms with E-state index in [9.17, 15) is 4.79 Å². The fraction of sp³-hybridized carbons (Fsp3) is 0.500. The third-order valence-electron chi connectivity index (χ3n) is 3.53. The van der Waals surface area contributed by atoms with Crippen molar-refractivity contribution in [1.82, 2.24) is 5.32 Å². The van der Waals surface area contributed by atoms with Gasteiger partial charge in [0.1, 0.15) is 0 Å². The Hall–Kier alpha value is -1.35. The van der Waals surface area contributed by atoms with Gasteiger partial charge in [-0.2, -0.15) is 0 Å². The number of nitrogens with one attached hydrogen (secondary N) is 1. The van der Waals surface area contributed by atoms with Crippen LogP contribution in [0.2, 0.25) is 0 Å². The van der Waals surface area contributed by atoms with Crippen molar-refractivity contribution in [3.05, 3.63) is 35.4 Å². The zero-order valence-corrected chi connectivity index (χ0v) is 10.3. The van der Waals surface area contributed by atoms with E-state index >= 15 is 0 Å². The van der Waals surface area contributed by atoms with Crippen LogP contribution in [0.4, 0.5) is 0 Å². The first kappa shape index (κ1) is 12.1. The van der Waals surface area contributed by atoms with Crippen LogP contribution in [0.25, 0.3) is 0 Å². The van der Waals surface area contributed by atoms with Crippen LogP contribution in [0.15, 0.2) is 24.3 Å². The molecule has 0 aromatic heterocycles. The highest BCUT2D eigenvalue weighted by Gasteiger charge is 2.42. The van der Waals surface area contributed by atoms with Gasteiger partial charge in [-0.05, 0) is 37.3 Å². The monoisotopic (exact) mass is 232 g/mol. The number of rotatable bonds is 5. The number of aryl methyl sites for hydroxylation is 2. The quantitative estimate of drug-likeness (QED) is 0.809. The van der Waals surface area contributed by atoms with E-state index in [4.69, 9.17) is 5.73 Å². The molecule has 3 heteroatoms. The Morgan fingerprint density at radius 1 is 1.41 bits per heavy atom. The Balaban J connectivity index is 1.82. The van der Waals surface area contributed by atoms with Crippen LogP contribution in [0.1, 0.15) is 30.4 Å². The second-order valence-electron chi connectivity index (χ2n) is 4.96. The summed E-state index contributed by atoms with van der Waals surface area (Å²) in [5, 5.41) is 3.04. The summed E-state index contributed by atoms with van der Waals surface area (Å²) < 4.78 is 0. The number of hydrogen-bond acceptors (Lipinski definition) is 2. The lowest BCUT2D eigenvalue weighted by Gasteiger charge is -2.15. The van der Waals surface area contributed by atoms with Gasteiger partial charge in [0.25, 0.3) is 0 Å². The SMILES string of the molecule is Cc1ccccc1CCC(=O)NC1(CN)CC1. The zero-order chi connectivity index (χ0) is 12.3. The lowest BCUT2D eigenvalue weighted by atomic mass is 10.0. The fourth-order valence-electron chi connectivity index (χ4n) is 2.03. The minimum Gasteiger partial charge on any atom is -0.349 e. The van der Waals surface area contributed by atoms with E-state index in [1.807, 2.05) is 12.1 Å². The van der Waals surface area contributed by atoms with Gasteiger partial charge in [-0.3, -0.25) is 4.79 Å². The molecular weight excluding hydrogens is 212 g/mol. The average molecular weight is 232 g/mol. The summed E-state index contributed by atoms with van der Waals surface area (Å²) in [5.41, 5.74) is 8.07. The Morgan fingerprint density at radius 2 is 2.12 bits per heavy atom. The highest BCUT2D eigenvalue weighted by atomic mass is 16.1. The molecule has 1 saturated carbocycles. The molecule has 0 atom stereocenters. The van der Waals surface area contributed by atoms with Gasteiger partial charge in [0.15, 0.2) is 0 Å². The predicted octanol–water partition coefficient (Wildman–Crippen LogP) is 1.54. The van der Waals surface area contributed by atoms with Gasteiger partial charge in [0, 0.05) is 13.0 Å². The minimum atomic E-state index is -0.0667. The second-order valence-corrected chi connectivity index (χ2v) is 4.96. The molecule has 17 heavy (non-hydrogen) atoms. The molecule has 1 aliphatic rings. The molecule has 0 aliphatic heterocycles. The van der Waals surface area contributed by atoms with Gasteiger partial charge in [-0.25, -0.2) is 0 Å². The Bertz CT molecular complexity index is 410. The van der Waals surface area contributed by atoms with Gasteiger partial charge in [-0.1, -0.05) is 24.3 Å². The first-order chi connectivity index (χ1) is 8.15. The van der Waals surface area contributed by atoms with E-state index in [0.717, 1.165) is 19.3 Å². The van der Waals surface area contributed by atoms with Crippen LogP contribution in [0.3, 0.4) is 0 Å². The molecule has 1 aliphatic carbocycles. The van der Waals surface area contributed by atoms with Gasteiger partial charge >= 0.3 is 0 Å². The predicted molar refractivity (Wildman–Crippen MR) is 68.7 cm³/mol. The molecule has 0 saturated heterocycles. The standard InChI is InChI=1S/C14H20N2O/c1-11-4-2-3-5-12(11)6-7-13(17)16-14(10-15)8-9-14/h2-5H,6-10,15H2,1H3,(H,16,17). The van der Waals surface area contributed by atoms with Crippen LogP contribution >= 0.6 is 0 Å². The van der Waals surface area contributed by atoms with E-state index in [1.54, 1.807) is 0 Å². The third-order valence-corrected chi connectivity index (χ3v) is 3.53. The van der Waals surface area contributed by atoms with Crippen molar-refractivity contribution in [3.8, 4) is 0 Å². The number of amides is 1. The largest absolute Gasteiger partial charge is 0.349 e. The average Bonchev–Trinajstić information content (AvgIpc) is 3.08. The Morgan fingerprint density at radius 3 is 2.71 bits per heavy atom. The van der Waals surface area contributed by atoms with E-state index in [1.165, 1.54) is 11.1 Å². The van der Waals surface area contributed by atoms with Gasteiger partial charge < -0.3 is 11.1 Å². The molecule has 3 N–H and O–H groups in total. The molecule has 2 rings (SSSR count). The summed E-state index contributed by atoms with van der Waals surface area (Å²) in [6, 6.07) is 8.20. The molecule has 1 fully saturated rings. The maximum atomic E-state index is 11.8. The topological polar surface area (TPSA) is 55.1 Å². The van der Waals surface area contributed by atoms with E-state index in [-0.39, 0.29) is 11.4 Å². The van der Waals surface area contributed by atoms with Crippen LogP contribution in [-0.2, 0) is 11.2 Å². The highest BCUT2D eigenvalue weighted by molar-refractivity contribution is 5.77. The summed E-state index contributed by atoms with van der Waals surface area (Å²) in [6.07, 6.45) is 3.41. The fourth-order valence-corrected chi connectivity index (χ4v) is 2.03. The molecule has 1 amide bonds. The summed E-state index contributed by atoms with van der Waals surface area (Å²) in [6.45, 7) is 2.64. The molecule has 0 heterocycles. The zero-order valence-electron chi connectivity index (χ0n) is 10.3. The Labute approximate surface area is 102 Å². The second kappa shape index (κ2) is 4.88. The molecule has 0 radical (unpaired) electrons. The van der Waals surface area contributed by atoms with Crippen molar-refractivity contribution in [2.45, 2.75) is 38.1 Å². The highest BCUT2D eigenvalue weighted by Crippen LogP contribution is 2.33. The number of carbonyl (C=O) groups is 1. The molecule has 92 valence electrons. The molecule has 0 spiro atoms. The van der Waals surface area contributed by atoms with Crippen LogP contribution in [-0.4, -0.2) is 18.0 Å². The van der Waals surface area contributed by atoms with Crippen LogP contribution < -0.4 is 11.1 Å². The van der Waals surface area contributed by atoms with E-state index in [0.29, 0.717) is 13.0 Å². The number of hydrogen-bond donors (Lipinski definition) is 2. The molecule has 1 aromatic rings. The normalized spacial score (nSPS) is 16.6.